The molecule has 2 unspecified atom stereocenters. The molecule has 0 aromatic carbocycles. The first-order valence-corrected chi connectivity index (χ1v) is 2.86. The molecule has 0 aromatic heterocycles. The van der Waals surface area contributed by atoms with Gasteiger partial charge >= 0.3 is 6.98 Å². The molecule has 9 heavy (non-hydrogen) atoms. The second-order valence-electron chi connectivity index (χ2n) is 2.47. The molecule has 0 bridgehead atoms. The number of halogens is 3. The number of aliphatic hydroxyl groups excluding tert-OH is 1. The average Bonchev–Trinajstić information content (AvgIpc) is 2.39. The molecule has 0 spiro atoms. The Morgan fingerprint density at radius 2 is 2.00 bits per heavy atom. The van der Waals surface area contributed by atoms with Crippen LogP contribution in [0.15, 0.2) is 0 Å². The smallest absolute Gasteiger partial charge is 0.449 e. The summed E-state index contributed by atoms with van der Waals surface area (Å²) in [5.41, 5.74) is 0. The molecule has 1 saturated carbocycles. The van der Waals surface area contributed by atoms with Crippen LogP contribution in [0, 0.1) is 5.92 Å². The van der Waals surface area contributed by atoms with Crippen LogP contribution in [-0.4, -0.2) is 18.7 Å². The molecule has 0 heterocycles. The first-order chi connectivity index (χ1) is 4.05. The van der Waals surface area contributed by atoms with Crippen LogP contribution in [0.25, 0.3) is 0 Å². The lowest BCUT2D eigenvalue weighted by Crippen LogP contribution is -2.16. The molecular formula is C4H7BF3O-. The van der Waals surface area contributed by atoms with Crippen LogP contribution in [0.3, 0.4) is 0 Å². The molecule has 1 fully saturated rings. The summed E-state index contributed by atoms with van der Waals surface area (Å²) < 4.78 is 34.9. The third kappa shape index (κ3) is 1.38. The first kappa shape index (κ1) is 6.93. The van der Waals surface area contributed by atoms with Crippen molar-refractivity contribution in [2.75, 3.05) is 6.61 Å². The van der Waals surface area contributed by atoms with E-state index in [4.69, 9.17) is 5.11 Å². The molecular weight excluding hydrogens is 132 g/mol. The van der Waals surface area contributed by atoms with Crippen LogP contribution >= 0.6 is 0 Å². The van der Waals surface area contributed by atoms with E-state index in [1.165, 1.54) is 0 Å². The molecule has 2 atom stereocenters. The first-order valence-electron chi connectivity index (χ1n) is 2.86. The lowest BCUT2D eigenvalue weighted by molar-refractivity contribution is 0.273. The van der Waals surface area contributed by atoms with Gasteiger partial charge in [0.25, 0.3) is 0 Å². The maximum atomic E-state index is 11.6. The lowest BCUT2D eigenvalue weighted by atomic mass is 9.82. The van der Waals surface area contributed by atoms with E-state index in [0.717, 1.165) is 0 Å². The van der Waals surface area contributed by atoms with Crippen molar-refractivity contribution in [2.45, 2.75) is 12.2 Å². The van der Waals surface area contributed by atoms with E-state index in [-0.39, 0.29) is 13.0 Å². The van der Waals surface area contributed by atoms with Crippen LogP contribution < -0.4 is 0 Å². The number of hydrogen-bond donors (Lipinski definition) is 1. The highest BCUT2D eigenvalue weighted by molar-refractivity contribution is 6.61. The zero-order chi connectivity index (χ0) is 7.07. The fourth-order valence-corrected chi connectivity index (χ4v) is 0.944. The number of hydrogen-bond acceptors (Lipinski definition) is 1. The fourth-order valence-electron chi connectivity index (χ4n) is 0.944. The van der Waals surface area contributed by atoms with Gasteiger partial charge < -0.3 is 18.1 Å². The number of rotatable bonds is 2. The molecule has 0 aromatic rings. The highest BCUT2D eigenvalue weighted by Crippen LogP contribution is 2.52. The fraction of sp³-hybridized carbons (Fsp3) is 1.00. The van der Waals surface area contributed by atoms with Gasteiger partial charge in [0.1, 0.15) is 0 Å². The standard InChI is InChI=1S/C4H7BF3O/c6-5(7,8)4-1-3(4)2-9/h3-4,9H,1-2H2/q-1. The van der Waals surface area contributed by atoms with E-state index in [1.807, 2.05) is 0 Å². The lowest BCUT2D eigenvalue weighted by Gasteiger charge is -2.11. The molecule has 0 aliphatic heterocycles. The average molecular weight is 139 g/mol. The maximum Gasteiger partial charge on any atom is 0.481 e. The minimum absolute atomic E-state index is 0.139. The summed E-state index contributed by atoms with van der Waals surface area (Å²) in [6.45, 7) is -4.97. The highest BCUT2D eigenvalue weighted by atomic mass is 19.4. The second kappa shape index (κ2) is 1.90. The van der Waals surface area contributed by atoms with Gasteiger partial charge in [-0.2, -0.15) is 0 Å². The molecule has 54 valence electrons. The summed E-state index contributed by atoms with van der Waals surface area (Å²) in [5, 5.41) is 8.25. The van der Waals surface area contributed by atoms with Crippen molar-refractivity contribution in [3.8, 4) is 0 Å². The van der Waals surface area contributed by atoms with Gasteiger partial charge in [-0.1, -0.05) is 12.2 Å². The molecule has 1 aliphatic rings. The van der Waals surface area contributed by atoms with Gasteiger partial charge in [0.15, 0.2) is 0 Å². The summed E-state index contributed by atoms with van der Waals surface area (Å²) in [6, 6.07) is 0. The predicted octanol–water partition coefficient (Wildman–Crippen LogP) is 1.22. The largest absolute Gasteiger partial charge is 0.481 e. The second-order valence-corrected chi connectivity index (χ2v) is 2.47. The summed E-state index contributed by atoms with van der Waals surface area (Å²) in [5.74, 6) is -1.64. The quantitative estimate of drug-likeness (QED) is 0.570. The molecule has 5 heteroatoms. The zero-order valence-electron chi connectivity index (χ0n) is 4.73. The van der Waals surface area contributed by atoms with Gasteiger partial charge in [-0.05, 0) is 5.92 Å². The minimum atomic E-state index is -4.66. The van der Waals surface area contributed by atoms with Gasteiger partial charge in [0.05, 0.1) is 0 Å². The van der Waals surface area contributed by atoms with E-state index in [9.17, 15) is 12.9 Å². The van der Waals surface area contributed by atoms with Crippen molar-refractivity contribution in [3.63, 3.8) is 0 Å². The van der Waals surface area contributed by atoms with Crippen molar-refractivity contribution >= 4 is 6.98 Å². The topological polar surface area (TPSA) is 20.2 Å². The molecule has 0 saturated heterocycles. The summed E-state index contributed by atoms with van der Waals surface area (Å²) >= 11 is 0. The highest BCUT2D eigenvalue weighted by Gasteiger charge is 2.49. The van der Waals surface area contributed by atoms with Gasteiger partial charge in [-0.15, -0.1) is 0 Å². The predicted molar refractivity (Wildman–Crippen MR) is 28.0 cm³/mol. The Labute approximate surface area is 50.9 Å². The Morgan fingerprint density at radius 3 is 2.11 bits per heavy atom. The third-order valence-corrected chi connectivity index (χ3v) is 1.70. The third-order valence-electron chi connectivity index (χ3n) is 1.70. The van der Waals surface area contributed by atoms with Crippen molar-refractivity contribution in [1.29, 1.82) is 0 Å². The molecule has 1 rings (SSSR count). The van der Waals surface area contributed by atoms with E-state index in [2.05, 4.69) is 0 Å². The van der Waals surface area contributed by atoms with Crippen LogP contribution in [0.4, 0.5) is 12.9 Å². The Hall–Kier alpha value is -0.185. The van der Waals surface area contributed by atoms with Gasteiger partial charge in [-0.25, -0.2) is 0 Å². The summed E-state index contributed by atoms with van der Waals surface area (Å²) in [4.78, 5) is 0. The van der Waals surface area contributed by atoms with Gasteiger partial charge in [0.2, 0.25) is 0 Å². The molecule has 1 nitrogen and oxygen atoms in total. The Kier molecular flexibility index (Phi) is 1.46. The van der Waals surface area contributed by atoms with E-state index >= 15 is 0 Å². The Balaban J connectivity index is 2.33. The van der Waals surface area contributed by atoms with Crippen molar-refractivity contribution in [3.05, 3.63) is 0 Å². The van der Waals surface area contributed by atoms with E-state index < -0.39 is 18.7 Å². The zero-order valence-corrected chi connectivity index (χ0v) is 4.73. The molecule has 0 radical (unpaired) electrons. The van der Waals surface area contributed by atoms with Crippen LogP contribution in [0.1, 0.15) is 6.42 Å². The molecule has 1 N–H and O–H groups in total. The van der Waals surface area contributed by atoms with E-state index in [1.54, 1.807) is 0 Å². The SMILES string of the molecule is OCC1CC1[B-](F)(F)F. The Morgan fingerprint density at radius 1 is 1.44 bits per heavy atom. The van der Waals surface area contributed by atoms with Crippen LogP contribution in [0.5, 0.6) is 0 Å². The van der Waals surface area contributed by atoms with Crippen molar-refractivity contribution < 1.29 is 18.1 Å². The maximum absolute atomic E-state index is 11.6. The monoisotopic (exact) mass is 139 g/mol. The molecule has 0 amide bonds. The molecule has 1 aliphatic carbocycles. The van der Waals surface area contributed by atoms with Gasteiger partial charge in [0, 0.05) is 6.61 Å². The van der Waals surface area contributed by atoms with Crippen molar-refractivity contribution in [2.24, 2.45) is 5.92 Å². The normalized spacial score (nSPS) is 34.7. The van der Waals surface area contributed by atoms with Gasteiger partial charge in [-0.3, -0.25) is 0 Å². The van der Waals surface area contributed by atoms with Crippen LogP contribution in [-0.2, 0) is 0 Å². The minimum Gasteiger partial charge on any atom is -0.449 e. The summed E-state index contributed by atoms with van der Waals surface area (Å²) in [7, 11) is 0. The Bertz CT molecular complexity index is 113. The van der Waals surface area contributed by atoms with E-state index in [0.29, 0.717) is 0 Å². The van der Waals surface area contributed by atoms with Crippen molar-refractivity contribution in [1.82, 2.24) is 0 Å². The van der Waals surface area contributed by atoms with Crippen LogP contribution in [0.2, 0.25) is 5.82 Å². The summed E-state index contributed by atoms with van der Waals surface area (Å²) in [6.07, 6.45) is 0.139. The number of aliphatic hydroxyl groups is 1.